The van der Waals surface area contributed by atoms with E-state index in [0.717, 1.165) is 5.56 Å². The van der Waals surface area contributed by atoms with Gasteiger partial charge in [-0.1, -0.05) is 35.5 Å². The molecule has 0 spiro atoms. The highest BCUT2D eigenvalue weighted by Crippen LogP contribution is 2.13. The Morgan fingerprint density at radius 1 is 1.37 bits per heavy atom. The molecular formula is C12H14ClN3O2S. The van der Waals surface area contributed by atoms with Gasteiger partial charge in [-0.2, -0.15) is 5.10 Å². The van der Waals surface area contributed by atoms with Crippen molar-refractivity contribution in [3.05, 3.63) is 41.2 Å². The van der Waals surface area contributed by atoms with Gasteiger partial charge in [0.2, 0.25) is 0 Å². The van der Waals surface area contributed by atoms with Crippen molar-refractivity contribution in [3.8, 4) is 0 Å². The molecule has 1 aromatic carbocycles. The zero-order valence-corrected chi connectivity index (χ0v) is 11.7. The Bertz CT molecular complexity index is 478. The third-order valence-electron chi connectivity index (χ3n) is 2.30. The normalized spacial score (nSPS) is 12.5. The molecule has 2 rings (SSSR count). The van der Waals surface area contributed by atoms with Crippen LogP contribution in [0.1, 0.15) is 5.56 Å². The van der Waals surface area contributed by atoms with Gasteiger partial charge in [-0.05, 0) is 17.7 Å². The van der Waals surface area contributed by atoms with Crippen LogP contribution in [0, 0.1) is 0 Å². The van der Waals surface area contributed by atoms with Crippen LogP contribution in [-0.4, -0.2) is 38.8 Å². The summed E-state index contributed by atoms with van der Waals surface area (Å²) < 4.78 is 5.44. The molecule has 0 unspecified atom stereocenters. The predicted molar refractivity (Wildman–Crippen MR) is 74.2 cm³/mol. The first kappa shape index (κ1) is 14.3. The summed E-state index contributed by atoms with van der Waals surface area (Å²) in [5.41, 5.74) is 1.03. The molecule has 7 heteroatoms. The summed E-state index contributed by atoms with van der Waals surface area (Å²) in [6, 6.07) is 7.43. The van der Waals surface area contributed by atoms with Gasteiger partial charge in [0, 0.05) is 10.8 Å². The largest absolute Gasteiger partial charge is 0.390 e. The number of ether oxygens (including phenoxy) is 1. The van der Waals surface area contributed by atoms with E-state index in [-0.39, 0.29) is 6.61 Å². The van der Waals surface area contributed by atoms with Crippen LogP contribution < -0.4 is 0 Å². The quantitative estimate of drug-likeness (QED) is 0.766. The highest BCUT2D eigenvalue weighted by molar-refractivity contribution is 7.99. The van der Waals surface area contributed by atoms with Crippen LogP contribution in [0.2, 0.25) is 5.02 Å². The lowest BCUT2D eigenvalue weighted by molar-refractivity contribution is 0.0398. The van der Waals surface area contributed by atoms with Crippen molar-refractivity contribution in [3.63, 3.8) is 0 Å². The summed E-state index contributed by atoms with van der Waals surface area (Å²) in [4.78, 5) is 3.96. The number of hydrogen-bond donors (Lipinski definition) is 2. The first-order valence-electron chi connectivity index (χ1n) is 5.72. The molecule has 0 fully saturated rings. The molecule has 2 aromatic rings. The molecule has 0 amide bonds. The Morgan fingerprint density at radius 3 is 2.84 bits per heavy atom. The highest BCUT2D eigenvalue weighted by Gasteiger charge is 2.07. The minimum atomic E-state index is -0.539. The van der Waals surface area contributed by atoms with E-state index in [4.69, 9.17) is 16.3 Å². The average molecular weight is 300 g/mol. The Balaban J connectivity index is 1.63. The topological polar surface area (TPSA) is 71.0 Å². The van der Waals surface area contributed by atoms with E-state index in [0.29, 0.717) is 22.5 Å². The van der Waals surface area contributed by atoms with Gasteiger partial charge in [0.1, 0.15) is 6.33 Å². The molecule has 0 saturated heterocycles. The second-order valence-corrected chi connectivity index (χ2v) is 5.34. The number of thioether (sulfide) groups is 1. The van der Waals surface area contributed by atoms with Gasteiger partial charge in [-0.3, -0.25) is 5.10 Å². The number of benzene rings is 1. The number of rotatable bonds is 7. The van der Waals surface area contributed by atoms with Crippen LogP contribution in [0.5, 0.6) is 0 Å². The Morgan fingerprint density at radius 2 is 2.16 bits per heavy atom. The van der Waals surface area contributed by atoms with Gasteiger partial charge in [0.05, 0.1) is 19.3 Å². The maximum Gasteiger partial charge on any atom is 0.183 e. The van der Waals surface area contributed by atoms with Crippen molar-refractivity contribution in [2.45, 2.75) is 17.9 Å². The number of aliphatic hydroxyl groups is 1. The Kier molecular flexibility index (Phi) is 5.65. The number of H-pyrrole nitrogens is 1. The molecule has 5 nitrogen and oxygen atoms in total. The summed E-state index contributed by atoms with van der Waals surface area (Å²) in [5.74, 6) is 0.510. The average Bonchev–Trinajstić information content (AvgIpc) is 2.92. The predicted octanol–water partition coefficient (Wildman–Crippen LogP) is 2.13. The minimum Gasteiger partial charge on any atom is -0.390 e. The maximum absolute atomic E-state index is 9.74. The standard InChI is InChI=1S/C12H14ClN3O2S/c13-10-3-1-9(2-4-10)5-18-6-11(17)7-19-12-14-8-15-16-12/h1-4,8,11,17H,5-7H2,(H,14,15,16)/t11-/m0/s1. The number of nitrogens with zero attached hydrogens (tertiary/aromatic N) is 2. The molecule has 102 valence electrons. The van der Waals surface area contributed by atoms with Gasteiger partial charge in [0.15, 0.2) is 5.16 Å². The van der Waals surface area contributed by atoms with E-state index < -0.39 is 6.10 Å². The molecule has 1 aromatic heterocycles. The van der Waals surface area contributed by atoms with E-state index in [1.165, 1.54) is 18.1 Å². The fraction of sp³-hybridized carbons (Fsp3) is 0.333. The van der Waals surface area contributed by atoms with E-state index in [9.17, 15) is 5.11 Å². The summed E-state index contributed by atoms with van der Waals surface area (Å²) in [6.07, 6.45) is 0.897. The van der Waals surface area contributed by atoms with Crippen LogP contribution in [-0.2, 0) is 11.3 Å². The zero-order chi connectivity index (χ0) is 13.5. The van der Waals surface area contributed by atoms with E-state index in [1.807, 2.05) is 24.3 Å². The summed E-state index contributed by atoms with van der Waals surface area (Å²) in [7, 11) is 0. The van der Waals surface area contributed by atoms with Gasteiger partial charge < -0.3 is 9.84 Å². The first-order valence-corrected chi connectivity index (χ1v) is 7.09. The zero-order valence-electron chi connectivity index (χ0n) is 10.1. The van der Waals surface area contributed by atoms with Crippen LogP contribution in [0.3, 0.4) is 0 Å². The molecule has 2 N–H and O–H groups in total. The third-order valence-corrected chi connectivity index (χ3v) is 3.57. The Labute approximate surface area is 120 Å². The van der Waals surface area contributed by atoms with Crippen molar-refractivity contribution in [2.75, 3.05) is 12.4 Å². The molecule has 1 atom stereocenters. The second kappa shape index (κ2) is 7.49. The lowest BCUT2D eigenvalue weighted by Gasteiger charge is -2.10. The number of hydrogen-bond acceptors (Lipinski definition) is 5. The molecule has 0 aliphatic heterocycles. The fourth-order valence-corrected chi connectivity index (χ4v) is 2.19. The van der Waals surface area contributed by atoms with Gasteiger partial charge >= 0.3 is 0 Å². The van der Waals surface area contributed by atoms with Crippen molar-refractivity contribution < 1.29 is 9.84 Å². The molecule has 0 aliphatic rings. The third kappa shape index (κ3) is 5.20. The van der Waals surface area contributed by atoms with E-state index in [2.05, 4.69) is 15.2 Å². The summed E-state index contributed by atoms with van der Waals surface area (Å²) in [5, 5.41) is 17.6. The van der Waals surface area contributed by atoms with Crippen molar-refractivity contribution in [2.24, 2.45) is 0 Å². The molecular weight excluding hydrogens is 286 g/mol. The number of halogens is 1. The second-order valence-electron chi connectivity index (χ2n) is 3.90. The summed E-state index contributed by atoms with van der Waals surface area (Å²) in [6.45, 7) is 0.741. The number of aliphatic hydroxyl groups excluding tert-OH is 1. The lowest BCUT2D eigenvalue weighted by atomic mass is 10.2. The lowest BCUT2D eigenvalue weighted by Crippen LogP contribution is -2.18. The minimum absolute atomic E-state index is 0.282. The number of nitrogens with one attached hydrogen (secondary N) is 1. The molecule has 0 aliphatic carbocycles. The van der Waals surface area contributed by atoms with Gasteiger partial charge in [0.25, 0.3) is 0 Å². The van der Waals surface area contributed by atoms with Crippen molar-refractivity contribution >= 4 is 23.4 Å². The molecule has 0 radical (unpaired) electrons. The molecule has 1 heterocycles. The van der Waals surface area contributed by atoms with Crippen LogP contribution in [0.4, 0.5) is 0 Å². The van der Waals surface area contributed by atoms with Crippen LogP contribution >= 0.6 is 23.4 Å². The van der Waals surface area contributed by atoms with E-state index in [1.54, 1.807) is 0 Å². The van der Waals surface area contributed by atoms with Gasteiger partial charge in [-0.15, -0.1) is 0 Å². The SMILES string of the molecule is O[C@@H](COCc1ccc(Cl)cc1)CSc1ncn[nH]1. The highest BCUT2D eigenvalue weighted by atomic mass is 35.5. The van der Waals surface area contributed by atoms with Crippen molar-refractivity contribution in [1.29, 1.82) is 0 Å². The summed E-state index contributed by atoms with van der Waals surface area (Å²) >= 11 is 7.20. The molecule has 0 bridgehead atoms. The first-order chi connectivity index (χ1) is 9.24. The van der Waals surface area contributed by atoms with Crippen LogP contribution in [0.15, 0.2) is 35.7 Å². The number of aromatic nitrogens is 3. The fourth-order valence-electron chi connectivity index (χ4n) is 1.38. The molecule has 19 heavy (non-hydrogen) atoms. The smallest absolute Gasteiger partial charge is 0.183 e. The monoisotopic (exact) mass is 299 g/mol. The Hall–Kier alpha value is -1.08. The molecule has 0 saturated carbocycles. The van der Waals surface area contributed by atoms with E-state index >= 15 is 0 Å². The number of aromatic amines is 1. The van der Waals surface area contributed by atoms with Crippen LogP contribution in [0.25, 0.3) is 0 Å². The van der Waals surface area contributed by atoms with Gasteiger partial charge in [-0.25, -0.2) is 4.98 Å². The van der Waals surface area contributed by atoms with Crippen molar-refractivity contribution in [1.82, 2.24) is 15.2 Å². The maximum atomic E-state index is 9.74.